The number of aliphatic carboxylic acids is 1. The molecule has 6 heteroatoms. The molecule has 0 radical (unpaired) electrons. The van der Waals surface area contributed by atoms with Crippen molar-refractivity contribution in [3.05, 3.63) is 42.2 Å². The van der Waals surface area contributed by atoms with Crippen molar-refractivity contribution in [3.8, 4) is 22.9 Å². The van der Waals surface area contributed by atoms with Gasteiger partial charge in [0.2, 0.25) is 0 Å². The molecule has 0 atom stereocenters. The van der Waals surface area contributed by atoms with Gasteiger partial charge in [-0.05, 0) is 18.2 Å². The van der Waals surface area contributed by atoms with Crippen molar-refractivity contribution in [3.63, 3.8) is 0 Å². The molecule has 1 heterocycles. The highest BCUT2D eigenvalue weighted by molar-refractivity contribution is 5.85. The normalized spacial score (nSPS) is 10.6. The maximum atomic E-state index is 10.4. The van der Waals surface area contributed by atoms with E-state index in [0.29, 0.717) is 22.9 Å². The number of aromatic nitrogens is 2. The molecule has 2 rings (SSSR count). The van der Waals surface area contributed by atoms with E-state index in [0.717, 1.165) is 11.6 Å². The smallest absolute Gasteiger partial charge is 0.328 e. The molecule has 0 aliphatic carbocycles. The Labute approximate surface area is 121 Å². The quantitative estimate of drug-likeness (QED) is 0.849. The Hall–Kier alpha value is -2.89. The van der Waals surface area contributed by atoms with Crippen molar-refractivity contribution < 1.29 is 19.4 Å². The second kappa shape index (κ2) is 6.51. The van der Waals surface area contributed by atoms with Crippen LogP contribution in [0.3, 0.4) is 0 Å². The second-order valence-electron chi connectivity index (χ2n) is 4.11. The topological polar surface area (TPSA) is 81.5 Å². The van der Waals surface area contributed by atoms with Crippen LogP contribution in [0.1, 0.15) is 5.56 Å². The number of carbonyl (C=O) groups is 1. The number of hydrogen-bond donors (Lipinski definition) is 1. The molecule has 0 spiro atoms. The Bertz CT molecular complexity index is 644. The van der Waals surface area contributed by atoms with Crippen LogP contribution in [0.5, 0.6) is 11.5 Å². The molecular weight excluding hydrogens is 272 g/mol. The molecular formula is C15H14N2O4. The van der Waals surface area contributed by atoms with Crippen LogP contribution in [0.25, 0.3) is 17.5 Å². The Kier molecular flexibility index (Phi) is 4.50. The molecule has 0 aliphatic heterocycles. The van der Waals surface area contributed by atoms with E-state index in [1.807, 2.05) is 0 Å². The largest absolute Gasteiger partial charge is 0.497 e. The molecule has 0 amide bonds. The van der Waals surface area contributed by atoms with E-state index in [2.05, 4.69) is 9.97 Å². The first-order chi connectivity index (χ1) is 10.1. The molecule has 0 aliphatic rings. The number of methoxy groups -OCH3 is 2. The van der Waals surface area contributed by atoms with E-state index in [1.165, 1.54) is 6.08 Å². The van der Waals surface area contributed by atoms with E-state index in [4.69, 9.17) is 14.6 Å². The molecule has 2 aromatic rings. The first-order valence-electron chi connectivity index (χ1n) is 6.09. The summed E-state index contributed by atoms with van der Waals surface area (Å²) >= 11 is 0. The summed E-state index contributed by atoms with van der Waals surface area (Å²) in [4.78, 5) is 18.9. The number of rotatable bonds is 5. The maximum absolute atomic E-state index is 10.4. The van der Waals surface area contributed by atoms with Gasteiger partial charge in [-0.3, -0.25) is 0 Å². The first-order valence-corrected chi connectivity index (χ1v) is 6.09. The van der Waals surface area contributed by atoms with Crippen molar-refractivity contribution in [2.75, 3.05) is 14.2 Å². The summed E-state index contributed by atoms with van der Waals surface area (Å²) in [6.45, 7) is 0. The van der Waals surface area contributed by atoms with Gasteiger partial charge in [-0.1, -0.05) is 0 Å². The highest BCUT2D eigenvalue weighted by Gasteiger charge is 2.06. The lowest BCUT2D eigenvalue weighted by Gasteiger charge is -2.07. The molecule has 108 valence electrons. The molecule has 0 fully saturated rings. The van der Waals surface area contributed by atoms with Crippen molar-refractivity contribution in [1.82, 2.24) is 9.97 Å². The molecule has 0 saturated heterocycles. The SMILES string of the molecule is COc1cc(OC)cc(-c2ncc(/C=C/C(=O)O)cn2)c1. The fourth-order valence-electron chi connectivity index (χ4n) is 1.68. The van der Waals surface area contributed by atoms with Crippen LogP contribution < -0.4 is 9.47 Å². The summed E-state index contributed by atoms with van der Waals surface area (Å²) in [5.74, 6) is 0.766. The Morgan fingerprint density at radius 3 is 2.14 bits per heavy atom. The maximum Gasteiger partial charge on any atom is 0.328 e. The minimum atomic E-state index is -1.02. The summed E-state index contributed by atoms with van der Waals surface area (Å²) in [6.07, 6.45) is 5.56. The monoisotopic (exact) mass is 286 g/mol. The van der Waals surface area contributed by atoms with Gasteiger partial charge in [0.1, 0.15) is 11.5 Å². The van der Waals surface area contributed by atoms with E-state index in [-0.39, 0.29) is 0 Å². The number of carboxylic acids is 1. The summed E-state index contributed by atoms with van der Waals surface area (Å²) in [7, 11) is 3.14. The Balaban J connectivity index is 2.32. The van der Waals surface area contributed by atoms with Crippen molar-refractivity contribution in [2.45, 2.75) is 0 Å². The summed E-state index contributed by atoms with van der Waals surface area (Å²) in [5.41, 5.74) is 1.36. The lowest BCUT2D eigenvalue weighted by molar-refractivity contribution is -0.131. The van der Waals surface area contributed by atoms with Crippen LogP contribution in [0, 0.1) is 0 Å². The van der Waals surface area contributed by atoms with Gasteiger partial charge in [0.25, 0.3) is 0 Å². The van der Waals surface area contributed by atoms with Gasteiger partial charge in [-0.25, -0.2) is 14.8 Å². The van der Waals surface area contributed by atoms with Crippen LogP contribution in [-0.2, 0) is 4.79 Å². The molecule has 21 heavy (non-hydrogen) atoms. The third kappa shape index (κ3) is 3.79. The predicted octanol–water partition coefficient (Wildman–Crippen LogP) is 2.26. The number of ether oxygens (including phenoxy) is 2. The average molecular weight is 286 g/mol. The zero-order chi connectivity index (χ0) is 15.2. The van der Waals surface area contributed by atoms with E-state index >= 15 is 0 Å². The molecule has 0 saturated carbocycles. The van der Waals surface area contributed by atoms with Gasteiger partial charge in [0.15, 0.2) is 5.82 Å². The van der Waals surface area contributed by atoms with Crippen molar-refractivity contribution >= 4 is 12.0 Å². The number of nitrogens with zero attached hydrogens (tertiary/aromatic N) is 2. The second-order valence-corrected chi connectivity index (χ2v) is 4.11. The number of benzene rings is 1. The van der Waals surface area contributed by atoms with Crippen LogP contribution in [-0.4, -0.2) is 35.3 Å². The summed E-state index contributed by atoms with van der Waals surface area (Å²) in [6, 6.07) is 5.35. The van der Waals surface area contributed by atoms with Gasteiger partial charge in [0, 0.05) is 35.7 Å². The van der Waals surface area contributed by atoms with Gasteiger partial charge in [-0.2, -0.15) is 0 Å². The molecule has 6 nitrogen and oxygen atoms in total. The lowest BCUT2D eigenvalue weighted by Crippen LogP contribution is -1.93. The number of hydrogen-bond acceptors (Lipinski definition) is 5. The van der Waals surface area contributed by atoms with E-state index in [9.17, 15) is 4.79 Å². The Morgan fingerprint density at radius 1 is 1.10 bits per heavy atom. The zero-order valence-corrected chi connectivity index (χ0v) is 11.6. The van der Waals surface area contributed by atoms with Gasteiger partial charge >= 0.3 is 5.97 Å². The molecule has 1 N–H and O–H groups in total. The molecule has 0 bridgehead atoms. The summed E-state index contributed by atoms with van der Waals surface area (Å²) in [5, 5.41) is 8.57. The van der Waals surface area contributed by atoms with Gasteiger partial charge in [0.05, 0.1) is 14.2 Å². The first kappa shape index (κ1) is 14.5. The zero-order valence-electron chi connectivity index (χ0n) is 11.6. The molecule has 1 aromatic carbocycles. The fourth-order valence-corrected chi connectivity index (χ4v) is 1.68. The lowest BCUT2D eigenvalue weighted by atomic mass is 10.2. The highest BCUT2D eigenvalue weighted by Crippen LogP contribution is 2.27. The van der Waals surface area contributed by atoms with Crippen LogP contribution in [0.2, 0.25) is 0 Å². The van der Waals surface area contributed by atoms with Crippen LogP contribution in [0.4, 0.5) is 0 Å². The third-order valence-corrected chi connectivity index (χ3v) is 2.70. The number of carboxylic acid groups (broad SMARTS) is 1. The predicted molar refractivity (Wildman–Crippen MR) is 77.2 cm³/mol. The minimum Gasteiger partial charge on any atom is -0.497 e. The average Bonchev–Trinajstić information content (AvgIpc) is 2.52. The van der Waals surface area contributed by atoms with Gasteiger partial charge in [-0.15, -0.1) is 0 Å². The van der Waals surface area contributed by atoms with Crippen LogP contribution >= 0.6 is 0 Å². The van der Waals surface area contributed by atoms with Gasteiger partial charge < -0.3 is 14.6 Å². The molecule has 0 unspecified atom stereocenters. The van der Waals surface area contributed by atoms with Crippen LogP contribution in [0.15, 0.2) is 36.7 Å². The minimum absolute atomic E-state index is 0.500. The van der Waals surface area contributed by atoms with E-state index in [1.54, 1.807) is 44.8 Å². The summed E-state index contributed by atoms with van der Waals surface area (Å²) < 4.78 is 10.4. The third-order valence-electron chi connectivity index (χ3n) is 2.70. The fraction of sp³-hybridized carbons (Fsp3) is 0.133. The molecule has 1 aromatic heterocycles. The van der Waals surface area contributed by atoms with Crippen molar-refractivity contribution in [2.24, 2.45) is 0 Å². The van der Waals surface area contributed by atoms with Crippen molar-refractivity contribution in [1.29, 1.82) is 0 Å². The van der Waals surface area contributed by atoms with E-state index < -0.39 is 5.97 Å². The highest BCUT2D eigenvalue weighted by atomic mass is 16.5. The Morgan fingerprint density at radius 2 is 1.67 bits per heavy atom. The standard InChI is InChI=1S/C15H14N2O4/c1-20-12-5-11(6-13(7-12)21-2)15-16-8-10(9-17-15)3-4-14(18)19/h3-9H,1-2H3,(H,18,19)/b4-3+.